The summed E-state index contributed by atoms with van der Waals surface area (Å²) >= 11 is 0. The van der Waals surface area contributed by atoms with Gasteiger partial charge in [0.1, 0.15) is 11.6 Å². The molecule has 1 saturated carbocycles. The van der Waals surface area contributed by atoms with E-state index in [0.29, 0.717) is 12.0 Å². The van der Waals surface area contributed by atoms with E-state index < -0.39 is 0 Å². The Kier molecular flexibility index (Phi) is 4.64. The average Bonchev–Trinajstić information content (AvgIpc) is 3.64. The van der Waals surface area contributed by atoms with E-state index in [1.165, 1.54) is 78.0 Å². The van der Waals surface area contributed by atoms with Crippen molar-refractivity contribution in [3.8, 4) is 22.4 Å². The lowest BCUT2D eigenvalue weighted by molar-refractivity contribution is 0.610. The summed E-state index contributed by atoms with van der Waals surface area (Å²) in [5.41, 5.74) is 9.99. The first kappa shape index (κ1) is 19.5. The molecule has 168 valence electrons. The summed E-state index contributed by atoms with van der Waals surface area (Å²) in [4.78, 5) is 17.3. The Balaban J connectivity index is 1.23. The quantitative estimate of drug-likeness (QED) is 0.358. The highest BCUT2D eigenvalue weighted by Crippen LogP contribution is 2.37. The Bertz CT molecular complexity index is 1320. The van der Waals surface area contributed by atoms with Crippen LogP contribution in [-0.2, 0) is 12.8 Å². The van der Waals surface area contributed by atoms with E-state index in [4.69, 9.17) is 9.97 Å². The minimum absolute atomic E-state index is 0.384. The molecule has 0 unspecified atom stereocenters. The summed E-state index contributed by atoms with van der Waals surface area (Å²) in [6.45, 7) is 1.10. The van der Waals surface area contributed by atoms with Gasteiger partial charge in [-0.05, 0) is 80.3 Å². The summed E-state index contributed by atoms with van der Waals surface area (Å²) in [7, 11) is 0. The molecule has 1 aliphatic heterocycles. The van der Waals surface area contributed by atoms with Gasteiger partial charge in [-0.1, -0.05) is 37.1 Å². The van der Waals surface area contributed by atoms with E-state index in [9.17, 15) is 0 Å². The Labute approximate surface area is 194 Å². The van der Waals surface area contributed by atoms with Crippen LogP contribution in [0.15, 0.2) is 36.4 Å². The lowest BCUT2D eigenvalue weighted by Gasteiger charge is -2.10. The van der Waals surface area contributed by atoms with Gasteiger partial charge in [0.05, 0.1) is 22.8 Å². The fourth-order valence-corrected chi connectivity index (χ4v) is 6.18. The monoisotopic (exact) mass is 437 g/mol. The number of aromatic amines is 2. The highest BCUT2D eigenvalue weighted by Gasteiger charge is 2.25. The Morgan fingerprint density at radius 2 is 1.64 bits per heavy atom. The van der Waals surface area contributed by atoms with Gasteiger partial charge in [0.25, 0.3) is 0 Å². The van der Waals surface area contributed by atoms with Crippen LogP contribution in [0.2, 0.25) is 0 Å². The molecule has 2 aromatic heterocycles. The van der Waals surface area contributed by atoms with Crippen LogP contribution in [0.1, 0.15) is 79.8 Å². The number of hydrogen-bond donors (Lipinski definition) is 3. The molecule has 2 fully saturated rings. The molecule has 0 bridgehead atoms. The summed E-state index contributed by atoms with van der Waals surface area (Å²) < 4.78 is 0. The van der Waals surface area contributed by atoms with Crippen LogP contribution in [0.4, 0.5) is 0 Å². The molecular formula is C28H31N5. The molecule has 2 aromatic carbocycles. The minimum Gasteiger partial charge on any atom is -0.344 e. The molecule has 4 aromatic rings. The highest BCUT2D eigenvalue weighted by molar-refractivity contribution is 5.83. The second-order valence-electron chi connectivity index (χ2n) is 10.2. The van der Waals surface area contributed by atoms with Crippen molar-refractivity contribution in [1.82, 2.24) is 25.3 Å². The van der Waals surface area contributed by atoms with E-state index >= 15 is 0 Å². The van der Waals surface area contributed by atoms with Gasteiger partial charge in [-0.3, -0.25) is 0 Å². The van der Waals surface area contributed by atoms with Crippen molar-refractivity contribution in [3.63, 3.8) is 0 Å². The van der Waals surface area contributed by atoms with Gasteiger partial charge in [0, 0.05) is 17.2 Å². The third-order valence-electron chi connectivity index (χ3n) is 8.00. The number of imidazole rings is 2. The first-order chi connectivity index (χ1) is 16.3. The van der Waals surface area contributed by atoms with Crippen LogP contribution < -0.4 is 5.32 Å². The summed E-state index contributed by atoms with van der Waals surface area (Å²) in [6, 6.07) is 14.0. The third kappa shape index (κ3) is 3.41. The predicted octanol–water partition coefficient (Wildman–Crippen LogP) is 6.19. The van der Waals surface area contributed by atoms with Crippen molar-refractivity contribution in [3.05, 3.63) is 59.3 Å². The fourth-order valence-electron chi connectivity index (χ4n) is 6.18. The molecule has 5 heteroatoms. The van der Waals surface area contributed by atoms with E-state index in [1.54, 1.807) is 0 Å². The molecule has 1 saturated heterocycles. The van der Waals surface area contributed by atoms with Crippen LogP contribution in [0.5, 0.6) is 0 Å². The van der Waals surface area contributed by atoms with Crippen molar-refractivity contribution < 1.29 is 0 Å². The molecule has 3 N–H and O–H groups in total. The van der Waals surface area contributed by atoms with Gasteiger partial charge in [-0.25, -0.2) is 9.97 Å². The van der Waals surface area contributed by atoms with Crippen LogP contribution in [0, 0.1) is 0 Å². The number of fused-ring (bicyclic) bond motifs is 4. The zero-order chi connectivity index (χ0) is 21.8. The number of H-pyrrole nitrogens is 2. The van der Waals surface area contributed by atoms with Gasteiger partial charge in [-0.15, -0.1) is 0 Å². The lowest BCUT2D eigenvalue weighted by Crippen LogP contribution is -2.14. The first-order valence-electron chi connectivity index (χ1n) is 12.8. The number of aryl methyl sites for hydroxylation is 2. The summed E-state index contributed by atoms with van der Waals surface area (Å²) in [5.74, 6) is 2.91. The molecule has 5 nitrogen and oxygen atoms in total. The lowest BCUT2D eigenvalue weighted by atomic mass is 9.96. The molecule has 0 amide bonds. The number of rotatable bonds is 3. The van der Waals surface area contributed by atoms with Gasteiger partial charge in [-0.2, -0.15) is 0 Å². The van der Waals surface area contributed by atoms with E-state index in [-0.39, 0.29) is 0 Å². The second kappa shape index (κ2) is 7.84. The van der Waals surface area contributed by atoms with Crippen molar-refractivity contribution >= 4 is 11.0 Å². The number of nitrogens with zero attached hydrogens (tertiary/aromatic N) is 2. The smallest absolute Gasteiger partial charge is 0.124 e. The van der Waals surface area contributed by atoms with E-state index in [1.807, 2.05) is 0 Å². The molecular weight excluding hydrogens is 406 g/mol. The molecule has 33 heavy (non-hydrogen) atoms. The van der Waals surface area contributed by atoms with Gasteiger partial charge >= 0.3 is 0 Å². The first-order valence-corrected chi connectivity index (χ1v) is 12.8. The number of hydrogen-bond acceptors (Lipinski definition) is 3. The highest BCUT2D eigenvalue weighted by atomic mass is 15.0. The topological polar surface area (TPSA) is 69.4 Å². The summed E-state index contributed by atoms with van der Waals surface area (Å²) in [5, 5.41) is 3.58. The zero-order valence-electron chi connectivity index (χ0n) is 19.1. The summed E-state index contributed by atoms with van der Waals surface area (Å²) in [6.07, 6.45) is 10.9. The molecule has 0 spiro atoms. The molecule has 7 rings (SSSR count). The molecule has 1 atom stereocenters. The fraction of sp³-hybridized carbons (Fsp3) is 0.429. The maximum Gasteiger partial charge on any atom is 0.124 e. The maximum atomic E-state index is 5.09. The number of aromatic nitrogens is 4. The van der Waals surface area contributed by atoms with Crippen LogP contribution in [0.25, 0.3) is 33.4 Å². The third-order valence-corrected chi connectivity index (χ3v) is 8.00. The molecule has 0 radical (unpaired) electrons. The van der Waals surface area contributed by atoms with Crippen molar-refractivity contribution in [2.24, 2.45) is 0 Å². The normalized spacial score (nSPS) is 20.8. The minimum atomic E-state index is 0.384. The van der Waals surface area contributed by atoms with Crippen LogP contribution in [-0.4, -0.2) is 26.5 Å². The largest absolute Gasteiger partial charge is 0.344 e. The van der Waals surface area contributed by atoms with Gasteiger partial charge < -0.3 is 15.3 Å². The van der Waals surface area contributed by atoms with Crippen LogP contribution in [0.3, 0.4) is 0 Å². The molecule has 2 aliphatic carbocycles. The Hall–Kier alpha value is -2.92. The van der Waals surface area contributed by atoms with Crippen molar-refractivity contribution in [2.75, 3.05) is 6.54 Å². The van der Waals surface area contributed by atoms with Crippen molar-refractivity contribution in [2.45, 2.75) is 69.7 Å². The van der Waals surface area contributed by atoms with E-state index in [0.717, 1.165) is 42.7 Å². The van der Waals surface area contributed by atoms with Crippen LogP contribution >= 0.6 is 0 Å². The second-order valence-corrected chi connectivity index (χ2v) is 10.2. The maximum absolute atomic E-state index is 5.09. The molecule has 3 aliphatic rings. The SMILES string of the molecule is c1cc2c(cc1-c1ccc3nc(C4CCCC4)[nH]c3c1)CCCc1[nH]c([C@@H]3CCCN3)nc1-2. The average molecular weight is 438 g/mol. The predicted molar refractivity (Wildman–Crippen MR) is 132 cm³/mol. The van der Waals surface area contributed by atoms with Crippen molar-refractivity contribution in [1.29, 1.82) is 0 Å². The Morgan fingerprint density at radius 3 is 2.52 bits per heavy atom. The van der Waals surface area contributed by atoms with Gasteiger partial charge in [0.2, 0.25) is 0 Å². The standard InChI is InChI=1S/C28H31N5/c1-2-6-17(5-1)27-30-22-13-11-19(16-25(22)32-27)18-10-12-21-20(15-18)7-3-8-23-26(21)33-28(31-23)24-9-4-14-29-24/h10-13,15-17,24,29H,1-9,14H2,(H,30,32)(H,31,33)/t24-/m0/s1. The van der Waals surface area contributed by atoms with Gasteiger partial charge in [0.15, 0.2) is 0 Å². The molecule has 3 heterocycles. The number of benzene rings is 2. The van der Waals surface area contributed by atoms with E-state index in [2.05, 4.69) is 51.7 Å². The zero-order valence-corrected chi connectivity index (χ0v) is 19.1. The number of nitrogens with one attached hydrogen (secondary N) is 3. The Morgan fingerprint density at radius 1 is 0.758 bits per heavy atom.